The number of anilines is 1. The number of halogens is 5. The minimum Gasteiger partial charge on any atom is -0.367 e. The molecule has 2 heterocycles. The summed E-state index contributed by atoms with van der Waals surface area (Å²) < 4.78 is 53.9. The number of rotatable bonds is 7. The second-order valence-corrected chi connectivity index (χ2v) is 8.12. The standard InChI is InChI=1S/C20H17BrF4N4O/c21-17-10-29-15(9-27-19(29)18(28-17)26-6-5-20(23,24)25)12-3-4-13(14(22)8-12)16(30)7-11-1-2-11/h3-4,8-11H,1-2,5-7H2,(H,26,28). The lowest BCUT2D eigenvalue weighted by atomic mass is 10.0. The van der Waals surface area contributed by atoms with Crippen molar-refractivity contribution < 1.29 is 22.4 Å². The Kier molecular flexibility index (Phi) is 5.52. The first-order chi connectivity index (χ1) is 14.2. The Bertz CT molecular complexity index is 1110. The number of alkyl halides is 3. The lowest BCUT2D eigenvalue weighted by Crippen LogP contribution is -2.15. The highest BCUT2D eigenvalue weighted by Gasteiger charge is 2.27. The summed E-state index contributed by atoms with van der Waals surface area (Å²) in [7, 11) is 0. The van der Waals surface area contributed by atoms with Crippen LogP contribution in [0.2, 0.25) is 0 Å². The number of carbonyl (C=O) groups is 1. The van der Waals surface area contributed by atoms with Crippen molar-refractivity contribution in [3.8, 4) is 11.3 Å². The van der Waals surface area contributed by atoms with Crippen molar-refractivity contribution >= 4 is 33.2 Å². The predicted octanol–water partition coefficient (Wildman–Crippen LogP) is 5.65. The van der Waals surface area contributed by atoms with Crippen LogP contribution in [0.5, 0.6) is 0 Å². The fraction of sp³-hybridized carbons (Fsp3) is 0.350. The van der Waals surface area contributed by atoms with E-state index < -0.39 is 18.4 Å². The number of nitrogens with zero attached hydrogens (tertiary/aromatic N) is 3. The van der Waals surface area contributed by atoms with Gasteiger partial charge in [-0.25, -0.2) is 14.4 Å². The second-order valence-electron chi connectivity index (χ2n) is 7.31. The van der Waals surface area contributed by atoms with Crippen molar-refractivity contribution in [2.24, 2.45) is 5.92 Å². The predicted molar refractivity (Wildman–Crippen MR) is 107 cm³/mol. The van der Waals surface area contributed by atoms with Crippen molar-refractivity contribution in [1.29, 1.82) is 0 Å². The molecule has 1 saturated carbocycles. The van der Waals surface area contributed by atoms with Gasteiger partial charge in [0.2, 0.25) is 0 Å². The average Bonchev–Trinajstić information content (AvgIpc) is 3.36. The molecule has 5 nitrogen and oxygen atoms in total. The van der Waals surface area contributed by atoms with Crippen LogP contribution in [0.25, 0.3) is 16.9 Å². The van der Waals surface area contributed by atoms with E-state index in [1.165, 1.54) is 18.3 Å². The van der Waals surface area contributed by atoms with Gasteiger partial charge in [0, 0.05) is 24.7 Å². The molecule has 1 aliphatic carbocycles. The third-order valence-electron chi connectivity index (χ3n) is 4.90. The van der Waals surface area contributed by atoms with Gasteiger partial charge >= 0.3 is 6.18 Å². The molecule has 3 aromatic rings. The number of benzene rings is 1. The molecule has 0 saturated heterocycles. The molecule has 0 atom stereocenters. The Hall–Kier alpha value is -2.49. The number of hydrogen-bond donors (Lipinski definition) is 1. The van der Waals surface area contributed by atoms with Crippen LogP contribution in [0, 0.1) is 11.7 Å². The quantitative estimate of drug-likeness (QED) is 0.348. The molecule has 30 heavy (non-hydrogen) atoms. The number of hydrogen-bond acceptors (Lipinski definition) is 4. The number of imidazole rings is 1. The van der Waals surface area contributed by atoms with Crippen molar-refractivity contribution in [2.45, 2.75) is 31.9 Å². The Morgan fingerprint density at radius 3 is 2.73 bits per heavy atom. The summed E-state index contributed by atoms with van der Waals surface area (Å²) in [6.07, 6.45) is 0.159. The van der Waals surface area contributed by atoms with Crippen LogP contribution in [0.15, 0.2) is 35.2 Å². The summed E-state index contributed by atoms with van der Waals surface area (Å²) in [6, 6.07) is 4.37. The van der Waals surface area contributed by atoms with Crippen LogP contribution in [-0.2, 0) is 0 Å². The van der Waals surface area contributed by atoms with Crippen LogP contribution in [-0.4, -0.2) is 32.9 Å². The SMILES string of the molecule is O=C(CC1CC1)c1ccc(-c2cnc3c(NCCC(F)(F)F)nc(Br)cn23)cc1F. The molecular formula is C20H17BrF4N4O. The van der Waals surface area contributed by atoms with E-state index in [-0.39, 0.29) is 23.7 Å². The van der Waals surface area contributed by atoms with Crippen molar-refractivity contribution in [2.75, 3.05) is 11.9 Å². The van der Waals surface area contributed by atoms with E-state index in [1.807, 2.05) is 0 Å². The van der Waals surface area contributed by atoms with E-state index in [0.29, 0.717) is 33.8 Å². The monoisotopic (exact) mass is 484 g/mol. The van der Waals surface area contributed by atoms with Crippen molar-refractivity contribution in [3.05, 3.63) is 46.6 Å². The maximum absolute atomic E-state index is 14.6. The van der Waals surface area contributed by atoms with Crippen molar-refractivity contribution in [3.63, 3.8) is 0 Å². The number of fused-ring (bicyclic) bond motifs is 1. The molecule has 1 N–H and O–H groups in total. The van der Waals surface area contributed by atoms with Crippen molar-refractivity contribution in [1.82, 2.24) is 14.4 Å². The highest BCUT2D eigenvalue weighted by molar-refractivity contribution is 9.10. The molecule has 1 aromatic carbocycles. The second kappa shape index (κ2) is 7.98. The van der Waals surface area contributed by atoms with Gasteiger partial charge < -0.3 is 5.32 Å². The molecule has 4 rings (SSSR count). The smallest absolute Gasteiger partial charge is 0.367 e. The first kappa shape index (κ1) is 20.8. The van der Waals surface area contributed by atoms with E-state index in [0.717, 1.165) is 12.8 Å². The van der Waals surface area contributed by atoms with Gasteiger partial charge in [0.1, 0.15) is 10.4 Å². The third kappa shape index (κ3) is 4.63. The van der Waals surface area contributed by atoms with E-state index in [4.69, 9.17) is 0 Å². The fourth-order valence-electron chi connectivity index (χ4n) is 3.21. The van der Waals surface area contributed by atoms with Gasteiger partial charge in [0.05, 0.1) is 23.9 Å². The van der Waals surface area contributed by atoms with Crippen LogP contribution in [0.1, 0.15) is 36.0 Å². The first-order valence-corrected chi connectivity index (χ1v) is 10.2. The summed E-state index contributed by atoms with van der Waals surface area (Å²) in [5.41, 5.74) is 1.39. The zero-order valence-electron chi connectivity index (χ0n) is 15.6. The molecule has 1 aliphatic rings. The Balaban J connectivity index is 1.63. The topological polar surface area (TPSA) is 59.3 Å². The number of Topliss-reactive ketones (excluding diaryl/α,β-unsaturated/α-hetero) is 1. The van der Waals surface area contributed by atoms with E-state index >= 15 is 0 Å². The van der Waals surface area contributed by atoms with Gasteiger partial charge in [-0.2, -0.15) is 13.2 Å². The minimum atomic E-state index is -4.29. The van der Waals surface area contributed by atoms with Crippen LogP contribution in [0.4, 0.5) is 23.4 Å². The summed E-state index contributed by atoms with van der Waals surface area (Å²) in [5.74, 6) is -0.271. The van der Waals surface area contributed by atoms with E-state index in [2.05, 4.69) is 31.2 Å². The number of nitrogens with one attached hydrogen (secondary N) is 1. The van der Waals surface area contributed by atoms with Gasteiger partial charge in [-0.15, -0.1) is 0 Å². The molecule has 158 valence electrons. The summed E-state index contributed by atoms with van der Waals surface area (Å²) in [4.78, 5) is 20.6. The largest absolute Gasteiger partial charge is 0.390 e. The summed E-state index contributed by atoms with van der Waals surface area (Å²) >= 11 is 3.24. The first-order valence-electron chi connectivity index (χ1n) is 9.38. The van der Waals surface area contributed by atoms with E-state index in [9.17, 15) is 22.4 Å². The van der Waals surface area contributed by atoms with Gasteiger partial charge in [-0.05, 0) is 46.8 Å². The van der Waals surface area contributed by atoms with E-state index in [1.54, 1.807) is 16.7 Å². The van der Waals surface area contributed by atoms with Crippen LogP contribution >= 0.6 is 15.9 Å². The fourth-order valence-corrected chi connectivity index (χ4v) is 3.59. The zero-order valence-corrected chi connectivity index (χ0v) is 17.2. The zero-order chi connectivity index (χ0) is 21.5. The molecule has 0 radical (unpaired) electrons. The molecule has 0 unspecified atom stereocenters. The summed E-state index contributed by atoms with van der Waals surface area (Å²) in [5, 5.41) is 2.65. The van der Waals surface area contributed by atoms with Crippen LogP contribution in [0.3, 0.4) is 0 Å². The molecule has 0 amide bonds. The lowest BCUT2D eigenvalue weighted by molar-refractivity contribution is -0.131. The lowest BCUT2D eigenvalue weighted by Gasteiger charge is -2.10. The Labute approximate surface area is 177 Å². The third-order valence-corrected chi connectivity index (χ3v) is 5.28. The molecule has 10 heteroatoms. The van der Waals surface area contributed by atoms with Gasteiger partial charge in [0.15, 0.2) is 17.2 Å². The number of carbonyl (C=O) groups excluding carboxylic acids is 1. The average molecular weight is 485 g/mol. The normalized spacial score (nSPS) is 14.3. The van der Waals surface area contributed by atoms with Gasteiger partial charge in [0.25, 0.3) is 0 Å². The molecule has 2 aromatic heterocycles. The molecule has 0 aliphatic heterocycles. The molecule has 0 spiro atoms. The Morgan fingerprint density at radius 2 is 2.07 bits per heavy atom. The molecule has 1 fully saturated rings. The maximum atomic E-state index is 14.6. The van der Waals surface area contributed by atoms with Gasteiger partial charge in [-0.1, -0.05) is 6.07 Å². The maximum Gasteiger partial charge on any atom is 0.390 e. The van der Waals surface area contributed by atoms with Gasteiger partial charge in [-0.3, -0.25) is 9.20 Å². The molecule has 0 bridgehead atoms. The highest BCUT2D eigenvalue weighted by Crippen LogP contribution is 2.34. The minimum absolute atomic E-state index is 0.0665. The molecular weight excluding hydrogens is 468 g/mol. The summed E-state index contributed by atoms with van der Waals surface area (Å²) in [6.45, 7) is -0.350. The van der Waals surface area contributed by atoms with Crippen LogP contribution < -0.4 is 5.32 Å². The number of ketones is 1. The highest BCUT2D eigenvalue weighted by atomic mass is 79.9. The Morgan fingerprint density at radius 1 is 1.30 bits per heavy atom. The number of aromatic nitrogens is 3.